The fraction of sp³-hybridized carbons (Fsp3) is 0.741. The molecule has 0 aromatic carbocycles. The Morgan fingerprint density at radius 1 is 1.26 bits per heavy atom. The van der Waals surface area contributed by atoms with Gasteiger partial charge >= 0.3 is 0 Å². The van der Waals surface area contributed by atoms with E-state index in [1.807, 2.05) is 14.1 Å². The van der Waals surface area contributed by atoms with Crippen molar-refractivity contribution >= 4 is 32.0 Å². The van der Waals surface area contributed by atoms with E-state index in [1.54, 1.807) is 29.2 Å². The molecule has 43 heavy (non-hydrogen) atoms. The second-order valence-electron chi connectivity index (χ2n) is 11.2. The predicted molar refractivity (Wildman–Crippen MR) is 163 cm³/mol. The van der Waals surface area contributed by atoms with Crippen molar-refractivity contribution in [2.24, 2.45) is 4.99 Å². The van der Waals surface area contributed by atoms with Crippen LogP contribution in [0.5, 0.6) is 0 Å². The van der Waals surface area contributed by atoms with Crippen LogP contribution in [-0.2, 0) is 23.3 Å². The largest absolute Gasteiger partial charge is 0.379 e. The fourth-order valence-corrected chi connectivity index (χ4v) is 6.98. The zero-order chi connectivity index (χ0) is 31.1. The van der Waals surface area contributed by atoms with E-state index in [-0.39, 0.29) is 36.7 Å². The number of rotatable bonds is 14. The monoisotopic (exact) mass is 621 g/mol. The molecule has 0 radical (unpaired) electrons. The van der Waals surface area contributed by atoms with E-state index in [0.29, 0.717) is 25.4 Å². The molecule has 0 aliphatic carbocycles. The molecular formula is C27H44N9O6P. The molecule has 0 bridgehead atoms. The number of aliphatic imine (C=N–C) groups is 1. The van der Waals surface area contributed by atoms with Crippen LogP contribution in [0.25, 0.3) is 16.0 Å². The smallest absolute Gasteiger partial charge is 0.280 e. The van der Waals surface area contributed by atoms with Gasteiger partial charge in [-0.2, -0.15) is 4.98 Å². The van der Waals surface area contributed by atoms with Crippen molar-refractivity contribution in [3.63, 3.8) is 0 Å². The van der Waals surface area contributed by atoms with Crippen LogP contribution in [0.1, 0.15) is 33.9 Å². The number of morpholine rings is 1. The molecule has 2 aromatic rings. The Hall–Kier alpha value is -2.54. The zero-order valence-corrected chi connectivity index (χ0v) is 26.9. The highest BCUT2D eigenvalue weighted by Gasteiger charge is 2.50. The van der Waals surface area contributed by atoms with Crippen LogP contribution in [0, 0.1) is 6.57 Å². The lowest BCUT2D eigenvalue weighted by Crippen LogP contribution is -2.46. The van der Waals surface area contributed by atoms with Gasteiger partial charge in [0.1, 0.15) is 24.9 Å². The zero-order valence-electron chi connectivity index (χ0n) is 26.0. The quantitative estimate of drug-likeness (QED) is 0.109. The molecule has 2 unspecified atom stereocenters. The molecule has 2 aliphatic rings. The first-order chi connectivity index (χ1) is 20.6. The Labute approximate surface area is 253 Å². The number of aromatic nitrogens is 4. The topological polar surface area (TPSA) is 136 Å². The van der Waals surface area contributed by atoms with Crippen LogP contribution < -0.4 is 5.56 Å². The lowest BCUT2D eigenvalue weighted by molar-refractivity contribution is -0.0603. The van der Waals surface area contributed by atoms with Crippen LogP contribution in [0.2, 0.25) is 0 Å². The third-order valence-corrected chi connectivity index (χ3v) is 9.20. The first kappa shape index (κ1) is 33.4. The maximum absolute atomic E-state index is 12.9. The number of hydrogen-bond donors (Lipinski definition) is 1. The summed E-state index contributed by atoms with van der Waals surface area (Å²) in [6.07, 6.45) is 0.868. The van der Waals surface area contributed by atoms with Gasteiger partial charge in [0.2, 0.25) is 12.5 Å². The normalized spacial score (nSPS) is 24.1. The summed E-state index contributed by atoms with van der Waals surface area (Å²) in [4.78, 5) is 36.3. The third kappa shape index (κ3) is 8.14. The molecule has 4 rings (SSSR count). The number of H-pyrrole nitrogens is 1. The minimum Gasteiger partial charge on any atom is -0.379 e. The summed E-state index contributed by atoms with van der Waals surface area (Å²) in [6, 6.07) is 0.260. The molecule has 2 saturated heterocycles. The second kappa shape index (κ2) is 15.5. The Kier molecular flexibility index (Phi) is 12.0. The molecule has 2 aromatic heterocycles. The molecule has 238 valence electrons. The summed E-state index contributed by atoms with van der Waals surface area (Å²) in [6.45, 7) is 19.5. The average molecular weight is 622 g/mol. The molecule has 0 amide bonds. The van der Waals surface area contributed by atoms with Gasteiger partial charge in [-0.05, 0) is 27.7 Å². The number of methoxy groups -OCH3 is 1. The minimum absolute atomic E-state index is 0.130. The Morgan fingerprint density at radius 2 is 1.98 bits per heavy atom. The first-order valence-corrected chi connectivity index (χ1v) is 15.6. The summed E-state index contributed by atoms with van der Waals surface area (Å²) < 4.78 is 35.4. The first-order valence-electron chi connectivity index (χ1n) is 14.5. The number of nitrogens with zero attached hydrogens (tertiary/aromatic N) is 8. The Morgan fingerprint density at radius 3 is 2.60 bits per heavy atom. The molecule has 15 nitrogen and oxygen atoms in total. The van der Waals surface area contributed by atoms with E-state index in [2.05, 4.69) is 62.1 Å². The highest BCUT2D eigenvalue weighted by molar-refractivity contribution is 7.44. The van der Waals surface area contributed by atoms with Crippen LogP contribution in [-0.4, -0.2) is 138 Å². The molecule has 0 saturated carbocycles. The van der Waals surface area contributed by atoms with Gasteiger partial charge in [0.05, 0.1) is 25.9 Å². The molecule has 2 fully saturated rings. The number of nitrogens with one attached hydrogen (secondary N) is 1. The molecule has 0 spiro atoms. The summed E-state index contributed by atoms with van der Waals surface area (Å²) >= 11 is 0. The van der Waals surface area contributed by atoms with Gasteiger partial charge in [0.15, 0.2) is 17.4 Å². The second-order valence-corrected chi connectivity index (χ2v) is 12.6. The van der Waals surface area contributed by atoms with Crippen LogP contribution >= 0.6 is 8.53 Å². The van der Waals surface area contributed by atoms with Crippen molar-refractivity contribution in [2.75, 3.05) is 67.2 Å². The average Bonchev–Trinajstić information content (AvgIpc) is 3.53. The minimum atomic E-state index is -1.57. The molecule has 2 aliphatic heterocycles. The molecule has 1 N–H and O–H groups in total. The van der Waals surface area contributed by atoms with E-state index >= 15 is 0 Å². The summed E-state index contributed by atoms with van der Waals surface area (Å²) in [5.41, 5.74) is 0.0986. The lowest BCUT2D eigenvalue weighted by atomic mass is 10.1. The van der Waals surface area contributed by atoms with Crippen molar-refractivity contribution in [2.45, 2.75) is 64.3 Å². The van der Waals surface area contributed by atoms with Crippen LogP contribution in [0.4, 0.5) is 5.95 Å². The maximum atomic E-state index is 12.9. The summed E-state index contributed by atoms with van der Waals surface area (Å²) in [7, 11) is 3.70. The number of hydrogen-bond acceptors (Lipinski definition) is 11. The van der Waals surface area contributed by atoms with Gasteiger partial charge in [-0.25, -0.2) is 21.2 Å². The highest BCUT2D eigenvalue weighted by atomic mass is 31.2. The SMILES string of the molecule is [C-]#[N+]CCOP(OC1[C@@H](CN2CCOCC2)O[C@@H](n2cnc3c(=O)[nH]c(/N=C/N(C)C)nc32)[C@H]1OC)N(C(C)C)C(C)C. The molecule has 16 heteroatoms. The number of aromatic amines is 1. The molecule has 5 atom stereocenters. The van der Waals surface area contributed by atoms with Gasteiger partial charge < -0.3 is 33.0 Å². The van der Waals surface area contributed by atoms with Gasteiger partial charge in [-0.15, -0.1) is 0 Å². The van der Waals surface area contributed by atoms with E-state index in [9.17, 15) is 4.79 Å². The third-order valence-electron chi connectivity index (χ3n) is 7.07. The van der Waals surface area contributed by atoms with Crippen LogP contribution in [0.3, 0.4) is 0 Å². The Balaban J connectivity index is 1.72. The van der Waals surface area contributed by atoms with E-state index in [4.69, 9.17) is 29.8 Å². The van der Waals surface area contributed by atoms with Crippen LogP contribution in [0.15, 0.2) is 16.1 Å². The van der Waals surface area contributed by atoms with Gasteiger partial charge in [-0.1, -0.05) is 0 Å². The van der Waals surface area contributed by atoms with Crippen molar-refractivity contribution in [1.29, 1.82) is 0 Å². The van der Waals surface area contributed by atoms with Crippen molar-refractivity contribution in [3.05, 3.63) is 28.1 Å². The summed E-state index contributed by atoms with van der Waals surface area (Å²) in [5, 5.41) is 0. The fourth-order valence-electron chi connectivity index (χ4n) is 5.22. The van der Waals surface area contributed by atoms with E-state index < -0.39 is 38.6 Å². The van der Waals surface area contributed by atoms with E-state index in [0.717, 1.165) is 13.1 Å². The van der Waals surface area contributed by atoms with Gasteiger partial charge in [-0.3, -0.25) is 19.2 Å². The lowest BCUT2D eigenvalue weighted by Gasteiger charge is -2.38. The van der Waals surface area contributed by atoms with Gasteiger partial charge in [0.25, 0.3) is 14.1 Å². The standard InChI is InChI=1S/C27H44N9O6P/c1-18(2)36(19(3)4)43(40-12-9-28-5)42-22-20(15-34-10-13-39-14-11-34)41-26(23(22)38-8)35-17-29-21-24(35)31-27(32-25(21)37)30-16-33(6)7/h16-20,22-23,26H,9-15H2,1-4,6-8H3,(H,31,32,37)/b30-16+/t20-,22?,23+,26-,43?/m1/s1. The number of imidazole rings is 1. The van der Waals surface area contributed by atoms with E-state index in [1.165, 1.54) is 0 Å². The molecule has 4 heterocycles. The van der Waals surface area contributed by atoms with Crippen molar-refractivity contribution in [3.8, 4) is 0 Å². The number of fused-ring (bicyclic) bond motifs is 1. The maximum Gasteiger partial charge on any atom is 0.280 e. The van der Waals surface area contributed by atoms with Gasteiger partial charge in [0, 0.05) is 52.9 Å². The van der Waals surface area contributed by atoms with Crippen molar-refractivity contribution < 1.29 is 23.3 Å². The highest BCUT2D eigenvalue weighted by Crippen LogP contribution is 2.50. The van der Waals surface area contributed by atoms with Crippen molar-refractivity contribution in [1.82, 2.24) is 34.0 Å². The summed E-state index contributed by atoms with van der Waals surface area (Å²) in [5.74, 6) is 0.152. The molecular weight excluding hydrogens is 577 g/mol. The Bertz CT molecular complexity index is 1300. The number of ether oxygens (including phenoxy) is 3. The predicted octanol–water partition coefficient (Wildman–Crippen LogP) is 2.25.